The van der Waals surface area contributed by atoms with Gasteiger partial charge in [0.2, 0.25) is 0 Å². The minimum absolute atomic E-state index is 0.604. The lowest BCUT2D eigenvalue weighted by atomic mass is 10.1. The quantitative estimate of drug-likeness (QED) is 0.884. The van der Waals surface area contributed by atoms with E-state index in [4.69, 9.17) is 16.3 Å². The highest BCUT2D eigenvalue weighted by Gasteiger charge is 2.19. The second-order valence-corrected chi connectivity index (χ2v) is 4.63. The lowest BCUT2D eigenvalue weighted by molar-refractivity contribution is -0.138. The molecule has 0 bridgehead atoms. The van der Waals surface area contributed by atoms with E-state index in [2.05, 4.69) is 5.32 Å². The van der Waals surface area contributed by atoms with Crippen LogP contribution in [0, 0.1) is 0 Å². The van der Waals surface area contributed by atoms with E-state index in [1.54, 1.807) is 55.6 Å². The molecule has 2 aromatic carbocycles. The van der Waals surface area contributed by atoms with Crippen molar-refractivity contribution in [2.75, 3.05) is 12.4 Å². The van der Waals surface area contributed by atoms with Gasteiger partial charge in [-0.25, -0.2) is 4.79 Å². The molecule has 0 aromatic heterocycles. The minimum atomic E-state index is -0.954. The number of carboxylic acid groups (broad SMARTS) is 1. The molecule has 1 atom stereocenters. The first kappa shape index (κ1) is 14.2. The van der Waals surface area contributed by atoms with E-state index in [9.17, 15) is 9.90 Å². The van der Waals surface area contributed by atoms with E-state index in [1.165, 1.54) is 0 Å². The molecule has 0 saturated heterocycles. The van der Waals surface area contributed by atoms with Crippen molar-refractivity contribution in [2.45, 2.75) is 6.04 Å². The molecule has 0 aliphatic carbocycles. The number of anilines is 1. The van der Waals surface area contributed by atoms with Gasteiger partial charge in [0.1, 0.15) is 5.75 Å². The van der Waals surface area contributed by atoms with Crippen molar-refractivity contribution in [1.82, 2.24) is 0 Å². The zero-order valence-electron chi connectivity index (χ0n) is 10.8. The Balaban J connectivity index is 2.22. The largest absolute Gasteiger partial charge is 0.497 e. The van der Waals surface area contributed by atoms with Crippen molar-refractivity contribution in [3.63, 3.8) is 0 Å². The molecule has 0 heterocycles. The van der Waals surface area contributed by atoms with Crippen molar-refractivity contribution >= 4 is 23.3 Å². The summed E-state index contributed by atoms with van der Waals surface area (Å²) in [5.74, 6) is -0.269. The molecule has 0 fully saturated rings. The van der Waals surface area contributed by atoms with E-state index >= 15 is 0 Å². The first-order valence-electron chi connectivity index (χ1n) is 5.99. The van der Waals surface area contributed by atoms with Crippen LogP contribution in [0.3, 0.4) is 0 Å². The average Bonchev–Trinajstić information content (AvgIpc) is 2.46. The van der Waals surface area contributed by atoms with Gasteiger partial charge in [-0.1, -0.05) is 23.7 Å². The number of halogens is 1. The topological polar surface area (TPSA) is 58.6 Å². The molecule has 0 aliphatic heterocycles. The molecule has 20 heavy (non-hydrogen) atoms. The molecule has 0 aliphatic rings. The number of rotatable bonds is 5. The van der Waals surface area contributed by atoms with Crippen LogP contribution < -0.4 is 10.1 Å². The summed E-state index contributed by atoms with van der Waals surface area (Å²) in [4.78, 5) is 11.4. The minimum Gasteiger partial charge on any atom is -0.497 e. The molecule has 0 saturated carbocycles. The Bertz CT molecular complexity index is 581. The number of hydrogen-bond donors (Lipinski definition) is 2. The number of ether oxygens (including phenoxy) is 1. The van der Waals surface area contributed by atoms with Crippen LogP contribution in [0.2, 0.25) is 5.02 Å². The van der Waals surface area contributed by atoms with Crippen molar-refractivity contribution in [3.05, 3.63) is 59.1 Å². The first-order valence-corrected chi connectivity index (χ1v) is 6.37. The molecule has 0 spiro atoms. The lowest BCUT2D eigenvalue weighted by Crippen LogP contribution is -2.20. The van der Waals surface area contributed by atoms with Gasteiger partial charge in [0, 0.05) is 10.7 Å². The van der Waals surface area contributed by atoms with Crippen LogP contribution in [0.4, 0.5) is 5.69 Å². The van der Waals surface area contributed by atoms with Crippen LogP contribution in [0.5, 0.6) is 5.75 Å². The second-order valence-electron chi connectivity index (χ2n) is 4.20. The van der Waals surface area contributed by atoms with Gasteiger partial charge in [0.15, 0.2) is 6.04 Å². The zero-order valence-corrected chi connectivity index (χ0v) is 11.6. The fraction of sp³-hybridized carbons (Fsp3) is 0.133. The van der Waals surface area contributed by atoms with Crippen molar-refractivity contribution in [1.29, 1.82) is 0 Å². The third kappa shape index (κ3) is 3.42. The van der Waals surface area contributed by atoms with Gasteiger partial charge in [-0.15, -0.1) is 0 Å². The van der Waals surface area contributed by atoms with Gasteiger partial charge in [0.25, 0.3) is 0 Å². The number of carboxylic acids is 1. The zero-order chi connectivity index (χ0) is 14.5. The summed E-state index contributed by atoms with van der Waals surface area (Å²) in [5.41, 5.74) is 1.34. The molecule has 0 radical (unpaired) electrons. The number of benzene rings is 2. The Morgan fingerprint density at radius 3 is 2.25 bits per heavy atom. The number of carbonyl (C=O) groups is 1. The van der Waals surface area contributed by atoms with E-state index in [0.29, 0.717) is 22.0 Å². The third-order valence-electron chi connectivity index (χ3n) is 2.85. The summed E-state index contributed by atoms with van der Waals surface area (Å²) >= 11 is 5.80. The van der Waals surface area contributed by atoms with E-state index in [0.717, 1.165) is 0 Å². The fourth-order valence-corrected chi connectivity index (χ4v) is 1.92. The van der Waals surface area contributed by atoms with Gasteiger partial charge in [-0.2, -0.15) is 0 Å². The van der Waals surface area contributed by atoms with E-state index < -0.39 is 12.0 Å². The summed E-state index contributed by atoms with van der Waals surface area (Å²) < 4.78 is 5.06. The van der Waals surface area contributed by atoms with Crippen LogP contribution in [0.1, 0.15) is 11.6 Å². The Kier molecular flexibility index (Phi) is 4.48. The Labute approximate surface area is 122 Å². The maximum atomic E-state index is 11.4. The Morgan fingerprint density at radius 2 is 1.75 bits per heavy atom. The van der Waals surface area contributed by atoms with Crippen LogP contribution >= 0.6 is 11.6 Å². The number of hydrogen-bond acceptors (Lipinski definition) is 3. The Morgan fingerprint density at radius 1 is 1.15 bits per heavy atom. The average molecular weight is 292 g/mol. The summed E-state index contributed by atoms with van der Waals surface area (Å²) in [6.45, 7) is 0. The molecule has 2 rings (SSSR count). The van der Waals surface area contributed by atoms with Gasteiger partial charge in [-0.3, -0.25) is 0 Å². The van der Waals surface area contributed by atoms with E-state index in [-0.39, 0.29) is 0 Å². The highest BCUT2D eigenvalue weighted by molar-refractivity contribution is 6.30. The standard InChI is InChI=1S/C15H14ClNO3/c1-20-13-8-2-10(3-9-13)14(15(18)19)17-12-6-4-11(16)5-7-12/h2-9,14,17H,1H3,(H,18,19). The summed E-state index contributed by atoms with van der Waals surface area (Å²) in [6, 6.07) is 13.0. The van der Waals surface area contributed by atoms with Crippen LogP contribution in [0.15, 0.2) is 48.5 Å². The van der Waals surface area contributed by atoms with Crippen molar-refractivity contribution in [3.8, 4) is 5.75 Å². The molecular weight excluding hydrogens is 278 g/mol. The monoisotopic (exact) mass is 291 g/mol. The fourth-order valence-electron chi connectivity index (χ4n) is 1.80. The van der Waals surface area contributed by atoms with E-state index in [1.807, 2.05) is 0 Å². The van der Waals surface area contributed by atoms with Gasteiger partial charge in [-0.05, 0) is 42.0 Å². The molecule has 0 amide bonds. The molecular formula is C15H14ClNO3. The maximum absolute atomic E-state index is 11.4. The van der Waals surface area contributed by atoms with Crippen molar-refractivity contribution in [2.24, 2.45) is 0 Å². The van der Waals surface area contributed by atoms with Gasteiger partial charge < -0.3 is 15.2 Å². The normalized spacial score (nSPS) is 11.7. The number of aliphatic carboxylic acids is 1. The molecule has 2 aromatic rings. The lowest BCUT2D eigenvalue weighted by Gasteiger charge is -2.16. The molecule has 1 unspecified atom stereocenters. The number of methoxy groups -OCH3 is 1. The van der Waals surface area contributed by atoms with Gasteiger partial charge >= 0.3 is 5.97 Å². The first-order chi connectivity index (χ1) is 9.60. The van der Waals surface area contributed by atoms with Crippen LogP contribution in [-0.4, -0.2) is 18.2 Å². The predicted molar refractivity (Wildman–Crippen MR) is 78.4 cm³/mol. The second kappa shape index (κ2) is 6.30. The highest BCUT2D eigenvalue weighted by Crippen LogP contribution is 2.23. The van der Waals surface area contributed by atoms with Crippen molar-refractivity contribution < 1.29 is 14.6 Å². The smallest absolute Gasteiger partial charge is 0.330 e. The summed E-state index contributed by atoms with van der Waals surface area (Å²) in [5, 5.41) is 12.9. The predicted octanol–water partition coefficient (Wildman–Crippen LogP) is 3.59. The molecule has 2 N–H and O–H groups in total. The van der Waals surface area contributed by atoms with Crippen LogP contribution in [-0.2, 0) is 4.79 Å². The maximum Gasteiger partial charge on any atom is 0.330 e. The molecule has 104 valence electrons. The third-order valence-corrected chi connectivity index (χ3v) is 3.10. The molecule has 5 heteroatoms. The summed E-state index contributed by atoms with van der Waals surface area (Å²) in [7, 11) is 1.57. The molecule has 4 nitrogen and oxygen atoms in total. The summed E-state index contributed by atoms with van der Waals surface area (Å²) in [6.07, 6.45) is 0. The SMILES string of the molecule is COc1ccc(C(Nc2ccc(Cl)cc2)C(=O)O)cc1. The van der Waals surface area contributed by atoms with Gasteiger partial charge in [0.05, 0.1) is 7.11 Å². The highest BCUT2D eigenvalue weighted by atomic mass is 35.5. The number of nitrogens with one attached hydrogen (secondary N) is 1. The van der Waals surface area contributed by atoms with Crippen LogP contribution in [0.25, 0.3) is 0 Å². The Hall–Kier alpha value is -2.20.